The summed E-state index contributed by atoms with van der Waals surface area (Å²) in [5.74, 6) is 0.485. The second kappa shape index (κ2) is 8.67. The van der Waals surface area contributed by atoms with Gasteiger partial charge in [0.1, 0.15) is 18.1 Å². The van der Waals surface area contributed by atoms with Gasteiger partial charge in [0.05, 0.1) is 0 Å². The third kappa shape index (κ3) is 4.37. The number of carbonyl (C=O) groups excluding carboxylic acids is 1. The van der Waals surface area contributed by atoms with Crippen LogP contribution in [0.15, 0.2) is 54.6 Å². The molecule has 7 heteroatoms. The Morgan fingerprint density at radius 3 is 2.54 bits per heavy atom. The van der Waals surface area contributed by atoms with Gasteiger partial charge in [-0.25, -0.2) is 0 Å². The van der Waals surface area contributed by atoms with E-state index in [1.165, 1.54) is 25.9 Å². The third-order valence-corrected chi connectivity index (χ3v) is 4.80. The molecule has 28 heavy (non-hydrogen) atoms. The smallest absolute Gasteiger partial charge is 0.278 e. The van der Waals surface area contributed by atoms with Gasteiger partial charge in [-0.15, -0.1) is 0 Å². The lowest BCUT2D eigenvalue weighted by atomic mass is 10.1. The van der Waals surface area contributed by atoms with Gasteiger partial charge in [-0.1, -0.05) is 30.3 Å². The van der Waals surface area contributed by atoms with Crippen molar-refractivity contribution in [2.75, 3.05) is 31.6 Å². The molecule has 0 saturated carbocycles. The van der Waals surface area contributed by atoms with Crippen molar-refractivity contribution in [3.8, 4) is 17.0 Å². The highest BCUT2D eigenvalue weighted by molar-refractivity contribution is 6.06. The molecular weight excluding hydrogens is 354 g/mol. The van der Waals surface area contributed by atoms with Crippen molar-refractivity contribution < 1.29 is 9.53 Å². The average Bonchev–Trinajstić information content (AvgIpc) is 3.42. The molecule has 0 radical (unpaired) electrons. The van der Waals surface area contributed by atoms with E-state index in [2.05, 4.69) is 25.6 Å². The molecular formula is C21H23N5O2. The Morgan fingerprint density at radius 2 is 1.79 bits per heavy atom. The molecule has 0 aliphatic carbocycles. The summed E-state index contributed by atoms with van der Waals surface area (Å²) in [6.07, 6.45) is 2.57. The van der Waals surface area contributed by atoms with E-state index < -0.39 is 0 Å². The van der Waals surface area contributed by atoms with Crippen molar-refractivity contribution >= 4 is 11.6 Å². The number of amides is 1. The quantitative estimate of drug-likeness (QED) is 0.661. The summed E-state index contributed by atoms with van der Waals surface area (Å²) in [7, 11) is 0. The minimum Gasteiger partial charge on any atom is -0.492 e. The molecule has 0 bridgehead atoms. The van der Waals surface area contributed by atoms with E-state index in [9.17, 15) is 4.79 Å². The number of H-pyrrole nitrogens is 1. The summed E-state index contributed by atoms with van der Waals surface area (Å²) in [6, 6.07) is 16.9. The average molecular weight is 377 g/mol. The van der Waals surface area contributed by atoms with Gasteiger partial charge in [-0.05, 0) is 50.2 Å². The first-order valence-corrected chi connectivity index (χ1v) is 9.52. The van der Waals surface area contributed by atoms with E-state index in [-0.39, 0.29) is 11.6 Å². The Morgan fingerprint density at radius 1 is 1.04 bits per heavy atom. The summed E-state index contributed by atoms with van der Waals surface area (Å²) in [4.78, 5) is 15.0. The summed E-state index contributed by atoms with van der Waals surface area (Å²) in [5, 5.41) is 13.5. The molecule has 2 N–H and O–H groups in total. The zero-order valence-electron chi connectivity index (χ0n) is 15.6. The Labute approximate surface area is 163 Å². The molecule has 4 rings (SSSR count). The predicted molar refractivity (Wildman–Crippen MR) is 107 cm³/mol. The van der Waals surface area contributed by atoms with E-state index in [0.717, 1.165) is 17.9 Å². The number of nitrogens with zero attached hydrogens (tertiary/aromatic N) is 3. The van der Waals surface area contributed by atoms with E-state index >= 15 is 0 Å². The van der Waals surface area contributed by atoms with Crippen molar-refractivity contribution in [3.63, 3.8) is 0 Å². The molecule has 7 nitrogen and oxygen atoms in total. The molecule has 0 unspecified atom stereocenters. The number of rotatable bonds is 7. The molecule has 1 saturated heterocycles. The predicted octanol–water partition coefficient (Wildman–Crippen LogP) is 3.20. The number of hydrogen-bond donors (Lipinski definition) is 2. The SMILES string of the molecule is O=C(Nc1ccc(OCCN2CCCC2)cc1)c1n[nH]nc1-c1ccccc1. The van der Waals surface area contributed by atoms with Crippen molar-refractivity contribution in [2.45, 2.75) is 12.8 Å². The number of carbonyl (C=O) groups is 1. The van der Waals surface area contributed by atoms with Crippen LogP contribution < -0.4 is 10.1 Å². The molecule has 1 aliphatic heterocycles. The van der Waals surface area contributed by atoms with Crippen LogP contribution in [-0.4, -0.2) is 52.5 Å². The number of hydrogen-bond acceptors (Lipinski definition) is 5. The first-order valence-electron chi connectivity index (χ1n) is 9.52. The highest BCUT2D eigenvalue weighted by atomic mass is 16.5. The minimum absolute atomic E-state index is 0.261. The minimum atomic E-state index is -0.310. The maximum Gasteiger partial charge on any atom is 0.278 e. The van der Waals surface area contributed by atoms with Crippen molar-refractivity contribution in [3.05, 3.63) is 60.3 Å². The Bertz CT molecular complexity index is 902. The van der Waals surface area contributed by atoms with Crippen LogP contribution in [0.5, 0.6) is 5.75 Å². The number of benzene rings is 2. The highest BCUT2D eigenvalue weighted by Gasteiger charge is 2.18. The fourth-order valence-electron chi connectivity index (χ4n) is 3.31. The lowest BCUT2D eigenvalue weighted by molar-refractivity contribution is 0.102. The number of anilines is 1. The molecule has 144 valence electrons. The summed E-state index contributed by atoms with van der Waals surface area (Å²) >= 11 is 0. The Balaban J connectivity index is 1.34. The van der Waals surface area contributed by atoms with Crippen LogP contribution in [0.3, 0.4) is 0 Å². The van der Waals surface area contributed by atoms with Gasteiger partial charge >= 0.3 is 0 Å². The van der Waals surface area contributed by atoms with E-state index in [0.29, 0.717) is 18.0 Å². The van der Waals surface area contributed by atoms with Crippen molar-refractivity contribution in [2.24, 2.45) is 0 Å². The molecule has 2 heterocycles. The fraction of sp³-hybridized carbons (Fsp3) is 0.286. The van der Waals surface area contributed by atoms with Crippen LogP contribution in [-0.2, 0) is 0 Å². The van der Waals surface area contributed by atoms with Crippen LogP contribution >= 0.6 is 0 Å². The number of aromatic nitrogens is 3. The van der Waals surface area contributed by atoms with Gasteiger partial charge in [0, 0.05) is 17.8 Å². The maximum absolute atomic E-state index is 12.6. The van der Waals surface area contributed by atoms with Gasteiger partial charge in [0.25, 0.3) is 5.91 Å². The molecule has 1 aliphatic rings. The zero-order valence-corrected chi connectivity index (χ0v) is 15.6. The van der Waals surface area contributed by atoms with Crippen molar-refractivity contribution in [1.29, 1.82) is 0 Å². The summed E-state index contributed by atoms with van der Waals surface area (Å²) < 4.78 is 5.80. The molecule has 0 spiro atoms. The number of nitrogens with one attached hydrogen (secondary N) is 2. The van der Waals surface area contributed by atoms with E-state index in [1.807, 2.05) is 54.6 Å². The van der Waals surface area contributed by atoms with Crippen LogP contribution in [0, 0.1) is 0 Å². The Kier molecular flexibility index (Phi) is 5.63. The topological polar surface area (TPSA) is 83.1 Å². The molecule has 2 aromatic carbocycles. The lowest BCUT2D eigenvalue weighted by Gasteiger charge is -2.15. The zero-order chi connectivity index (χ0) is 19.2. The summed E-state index contributed by atoms with van der Waals surface area (Å²) in [5.41, 5.74) is 2.30. The van der Waals surface area contributed by atoms with Gasteiger partial charge in [-0.3, -0.25) is 9.69 Å². The van der Waals surface area contributed by atoms with Crippen LogP contribution in [0.1, 0.15) is 23.3 Å². The second-order valence-corrected chi connectivity index (χ2v) is 6.76. The first-order chi connectivity index (χ1) is 13.8. The van der Waals surface area contributed by atoms with Crippen LogP contribution in [0.25, 0.3) is 11.3 Å². The standard InChI is InChI=1S/C21H23N5O2/c27-21(20-19(23-25-24-20)16-6-2-1-3-7-16)22-17-8-10-18(11-9-17)28-15-14-26-12-4-5-13-26/h1-3,6-11H,4-5,12-15H2,(H,22,27)(H,23,24,25). The number of aromatic amines is 1. The van der Waals surface area contributed by atoms with Gasteiger partial charge in [-0.2, -0.15) is 15.4 Å². The number of likely N-dealkylation sites (tertiary alicyclic amines) is 1. The molecule has 0 atom stereocenters. The van der Waals surface area contributed by atoms with Crippen LogP contribution in [0.4, 0.5) is 5.69 Å². The largest absolute Gasteiger partial charge is 0.492 e. The number of ether oxygens (including phenoxy) is 1. The first kappa shape index (κ1) is 18.2. The maximum atomic E-state index is 12.6. The molecule has 1 fully saturated rings. The Hall–Kier alpha value is -3.19. The fourth-order valence-corrected chi connectivity index (χ4v) is 3.31. The van der Waals surface area contributed by atoms with E-state index in [1.54, 1.807) is 0 Å². The monoisotopic (exact) mass is 377 g/mol. The van der Waals surface area contributed by atoms with Crippen LogP contribution in [0.2, 0.25) is 0 Å². The van der Waals surface area contributed by atoms with Crippen molar-refractivity contribution in [1.82, 2.24) is 20.3 Å². The lowest BCUT2D eigenvalue weighted by Crippen LogP contribution is -2.25. The van der Waals surface area contributed by atoms with Gasteiger partial charge < -0.3 is 10.1 Å². The second-order valence-electron chi connectivity index (χ2n) is 6.76. The third-order valence-electron chi connectivity index (χ3n) is 4.80. The molecule has 1 amide bonds. The normalized spacial score (nSPS) is 14.1. The summed E-state index contributed by atoms with van der Waals surface area (Å²) in [6.45, 7) is 3.96. The molecule has 3 aromatic rings. The highest BCUT2D eigenvalue weighted by Crippen LogP contribution is 2.21. The molecule has 1 aromatic heterocycles. The van der Waals surface area contributed by atoms with Gasteiger partial charge in [0.15, 0.2) is 5.69 Å². The van der Waals surface area contributed by atoms with Gasteiger partial charge in [0.2, 0.25) is 0 Å². The van der Waals surface area contributed by atoms with E-state index in [4.69, 9.17) is 4.74 Å².